The number of rotatable bonds is 8. The minimum atomic E-state index is 0.919. The van der Waals surface area contributed by atoms with E-state index in [0.717, 1.165) is 36.8 Å². The molecule has 18 heavy (non-hydrogen) atoms. The van der Waals surface area contributed by atoms with E-state index >= 15 is 0 Å². The standard InChI is InChI=1S/C14H25N3S/c1-5-8-15-14-11(4)12(7-3)16-13(17-14)10-18-9-6-2/h5-10H2,1-4H3,(H,15,16,17). The maximum atomic E-state index is 4.66. The van der Waals surface area contributed by atoms with E-state index < -0.39 is 0 Å². The monoisotopic (exact) mass is 267 g/mol. The number of hydrogen-bond donors (Lipinski definition) is 1. The van der Waals surface area contributed by atoms with Crippen LogP contribution in [0.25, 0.3) is 0 Å². The highest BCUT2D eigenvalue weighted by Gasteiger charge is 2.09. The second kappa shape index (κ2) is 8.35. The van der Waals surface area contributed by atoms with Crippen LogP contribution >= 0.6 is 11.8 Å². The van der Waals surface area contributed by atoms with E-state index in [1.165, 1.54) is 23.4 Å². The van der Waals surface area contributed by atoms with Crippen molar-refractivity contribution in [3.05, 3.63) is 17.1 Å². The summed E-state index contributed by atoms with van der Waals surface area (Å²) in [6.07, 6.45) is 3.30. The molecule has 0 atom stereocenters. The first-order valence-corrected chi connectivity index (χ1v) is 8.06. The molecule has 1 aromatic rings. The first-order valence-electron chi connectivity index (χ1n) is 6.90. The van der Waals surface area contributed by atoms with Gasteiger partial charge in [0.15, 0.2) is 0 Å². The lowest BCUT2D eigenvalue weighted by atomic mass is 10.2. The van der Waals surface area contributed by atoms with E-state index in [-0.39, 0.29) is 0 Å². The van der Waals surface area contributed by atoms with Crippen LogP contribution in [-0.2, 0) is 12.2 Å². The Morgan fingerprint density at radius 2 is 1.89 bits per heavy atom. The molecular weight excluding hydrogens is 242 g/mol. The topological polar surface area (TPSA) is 37.8 Å². The molecule has 0 fully saturated rings. The van der Waals surface area contributed by atoms with Crippen molar-refractivity contribution in [1.29, 1.82) is 0 Å². The van der Waals surface area contributed by atoms with Crippen LogP contribution in [0.2, 0.25) is 0 Å². The highest BCUT2D eigenvalue weighted by Crippen LogP contribution is 2.19. The lowest BCUT2D eigenvalue weighted by Crippen LogP contribution is -2.10. The van der Waals surface area contributed by atoms with Gasteiger partial charge in [0.2, 0.25) is 0 Å². The molecule has 0 amide bonds. The van der Waals surface area contributed by atoms with Gasteiger partial charge in [-0.25, -0.2) is 9.97 Å². The summed E-state index contributed by atoms with van der Waals surface area (Å²) in [4.78, 5) is 9.31. The van der Waals surface area contributed by atoms with Gasteiger partial charge in [-0.05, 0) is 31.9 Å². The molecule has 1 aromatic heterocycles. The van der Waals surface area contributed by atoms with Crippen molar-refractivity contribution >= 4 is 17.6 Å². The van der Waals surface area contributed by atoms with Crippen molar-refractivity contribution in [1.82, 2.24) is 9.97 Å². The molecule has 4 heteroatoms. The third-order valence-electron chi connectivity index (χ3n) is 2.75. The van der Waals surface area contributed by atoms with Gasteiger partial charge in [-0.15, -0.1) is 0 Å². The van der Waals surface area contributed by atoms with E-state index in [1.807, 2.05) is 11.8 Å². The largest absolute Gasteiger partial charge is 0.370 e. The summed E-state index contributed by atoms with van der Waals surface area (Å²) < 4.78 is 0. The van der Waals surface area contributed by atoms with Crippen LogP contribution in [0.1, 0.15) is 50.7 Å². The Balaban J connectivity index is 2.83. The maximum Gasteiger partial charge on any atom is 0.140 e. The van der Waals surface area contributed by atoms with Crippen LogP contribution in [0.3, 0.4) is 0 Å². The Bertz CT molecular complexity index is 366. The summed E-state index contributed by atoms with van der Waals surface area (Å²) in [6, 6.07) is 0. The van der Waals surface area contributed by atoms with Gasteiger partial charge in [0, 0.05) is 17.8 Å². The molecule has 1 heterocycles. The van der Waals surface area contributed by atoms with Gasteiger partial charge in [0.25, 0.3) is 0 Å². The Hall–Kier alpha value is -0.770. The summed E-state index contributed by atoms with van der Waals surface area (Å²) >= 11 is 1.91. The van der Waals surface area contributed by atoms with Crippen LogP contribution < -0.4 is 5.32 Å². The quantitative estimate of drug-likeness (QED) is 0.727. The molecule has 0 bridgehead atoms. The van der Waals surface area contributed by atoms with Crippen molar-refractivity contribution in [3.63, 3.8) is 0 Å². The fraction of sp³-hybridized carbons (Fsp3) is 0.714. The summed E-state index contributed by atoms with van der Waals surface area (Å²) in [7, 11) is 0. The number of nitrogens with one attached hydrogen (secondary N) is 1. The third-order valence-corrected chi connectivity index (χ3v) is 3.91. The van der Waals surface area contributed by atoms with Gasteiger partial charge in [0.05, 0.1) is 5.75 Å². The zero-order valence-electron chi connectivity index (χ0n) is 12.0. The number of aryl methyl sites for hydroxylation is 1. The summed E-state index contributed by atoms with van der Waals surface area (Å²) in [5.41, 5.74) is 2.38. The highest BCUT2D eigenvalue weighted by atomic mass is 32.2. The maximum absolute atomic E-state index is 4.66. The third kappa shape index (κ3) is 4.48. The molecule has 0 aliphatic rings. The summed E-state index contributed by atoms with van der Waals surface area (Å²) in [6.45, 7) is 9.61. The van der Waals surface area contributed by atoms with Crippen molar-refractivity contribution in [2.24, 2.45) is 0 Å². The Kier molecular flexibility index (Phi) is 7.09. The fourth-order valence-corrected chi connectivity index (χ4v) is 2.49. The molecule has 3 nitrogen and oxygen atoms in total. The van der Waals surface area contributed by atoms with E-state index in [0.29, 0.717) is 0 Å². The predicted molar refractivity (Wildman–Crippen MR) is 81.4 cm³/mol. The second-order valence-corrected chi connectivity index (χ2v) is 5.50. The van der Waals surface area contributed by atoms with E-state index in [9.17, 15) is 0 Å². The number of hydrogen-bond acceptors (Lipinski definition) is 4. The average molecular weight is 267 g/mol. The number of anilines is 1. The van der Waals surface area contributed by atoms with E-state index in [2.05, 4.69) is 43.0 Å². The van der Waals surface area contributed by atoms with Crippen LogP contribution in [-0.4, -0.2) is 22.3 Å². The number of aromatic nitrogens is 2. The van der Waals surface area contributed by atoms with Gasteiger partial charge in [-0.2, -0.15) is 11.8 Å². The molecule has 1 N–H and O–H groups in total. The number of nitrogens with zero attached hydrogens (tertiary/aromatic N) is 2. The van der Waals surface area contributed by atoms with Crippen LogP contribution in [0, 0.1) is 6.92 Å². The lowest BCUT2D eigenvalue weighted by Gasteiger charge is -2.12. The molecule has 0 aliphatic carbocycles. The molecule has 0 saturated carbocycles. The van der Waals surface area contributed by atoms with Crippen molar-refractivity contribution in [3.8, 4) is 0 Å². The molecule has 0 aromatic carbocycles. The minimum absolute atomic E-state index is 0.919. The fourth-order valence-electron chi connectivity index (χ4n) is 1.75. The van der Waals surface area contributed by atoms with E-state index in [4.69, 9.17) is 0 Å². The molecular formula is C14H25N3S. The zero-order valence-corrected chi connectivity index (χ0v) is 12.9. The van der Waals surface area contributed by atoms with Crippen molar-refractivity contribution in [2.45, 2.75) is 52.7 Å². The number of thioether (sulfide) groups is 1. The van der Waals surface area contributed by atoms with Crippen molar-refractivity contribution in [2.75, 3.05) is 17.6 Å². The van der Waals surface area contributed by atoms with Crippen LogP contribution in [0.5, 0.6) is 0 Å². The van der Waals surface area contributed by atoms with Crippen molar-refractivity contribution < 1.29 is 0 Å². The van der Waals surface area contributed by atoms with E-state index in [1.54, 1.807) is 0 Å². The Labute approximate surface area is 115 Å². The predicted octanol–water partition coefficient (Wildman–Crippen LogP) is 3.81. The zero-order chi connectivity index (χ0) is 13.4. The first kappa shape index (κ1) is 15.3. The molecule has 0 radical (unpaired) electrons. The molecule has 0 unspecified atom stereocenters. The van der Waals surface area contributed by atoms with Gasteiger partial charge in [0.1, 0.15) is 11.6 Å². The molecule has 0 spiro atoms. The molecule has 102 valence electrons. The van der Waals surface area contributed by atoms with Gasteiger partial charge in [-0.3, -0.25) is 0 Å². The summed E-state index contributed by atoms with van der Waals surface area (Å²) in [5.74, 6) is 4.09. The van der Waals surface area contributed by atoms with Gasteiger partial charge >= 0.3 is 0 Å². The lowest BCUT2D eigenvalue weighted by molar-refractivity contribution is 0.898. The highest BCUT2D eigenvalue weighted by molar-refractivity contribution is 7.98. The average Bonchev–Trinajstić information content (AvgIpc) is 2.39. The van der Waals surface area contributed by atoms with Crippen LogP contribution in [0.15, 0.2) is 0 Å². The smallest absolute Gasteiger partial charge is 0.140 e. The Morgan fingerprint density at radius 3 is 2.50 bits per heavy atom. The molecule has 0 aliphatic heterocycles. The van der Waals surface area contributed by atoms with Crippen LogP contribution in [0.4, 0.5) is 5.82 Å². The normalized spacial score (nSPS) is 10.7. The second-order valence-electron chi connectivity index (χ2n) is 4.39. The first-order chi connectivity index (χ1) is 8.72. The Morgan fingerprint density at radius 1 is 1.11 bits per heavy atom. The van der Waals surface area contributed by atoms with Gasteiger partial charge < -0.3 is 5.32 Å². The summed E-state index contributed by atoms with van der Waals surface area (Å²) in [5, 5.41) is 3.41. The minimum Gasteiger partial charge on any atom is -0.370 e. The molecule has 1 rings (SSSR count). The SMILES string of the molecule is CCCNc1nc(CSCCC)nc(CC)c1C. The van der Waals surface area contributed by atoms with Gasteiger partial charge in [-0.1, -0.05) is 20.8 Å². The molecule has 0 saturated heterocycles.